The summed E-state index contributed by atoms with van der Waals surface area (Å²) >= 11 is 0. The third-order valence-corrected chi connectivity index (χ3v) is 6.40. The minimum atomic E-state index is 0.191. The Bertz CT molecular complexity index is 1630. The Labute approximate surface area is 222 Å². The van der Waals surface area contributed by atoms with Gasteiger partial charge >= 0.3 is 0 Å². The first-order valence-electron chi connectivity index (χ1n) is 12.5. The van der Waals surface area contributed by atoms with Crippen LogP contribution in [0.1, 0.15) is 0 Å². The molecule has 0 bridgehead atoms. The molecule has 6 aromatic rings. The predicted octanol–water partition coefficient (Wildman–Crippen LogP) is 8.65. The van der Waals surface area contributed by atoms with Gasteiger partial charge in [-0.1, -0.05) is 72.8 Å². The van der Waals surface area contributed by atoms with Gasteiger partial charge in [-0.25, -0.2) is 4.98 Å². The summed E-state index contributed by atoms with van der Waals surface area (Å²) in [6.45, 7) is 0. The van der Waals surface area contributed by atoms with Gasteiger partial charge in [0.05, 0.1) is 22.8 Å². The summed E-state index contributed by atoms with van der Waals surface area (Å²) in [7, 11) is 0. The van der Waals surface area contributed by atoms with E-state index >= 15 is 0 Å². The highest BCUT2D eigenvalue weighted by Gasteiger charge is 2.17. The maximum absolute atomic E-state index is 10.7. The van der Waals surface area contributed by atoms with Gasteiger partial charge in [0.15, 0.2) is 0 Å². The molecule has 0 aliphatic carbocycles. The van der Waals surface area contributed by atoms with Crippen molar-refractivity contribution >= 4 is 17.1 Å². The Morgan fingerprint density at radius 2 is 1.08 bits per heavy atom. The Morgan fingerprint density at radius 3 is 1.74 bits per heavy atom. The minimum Gasteiger partial charge on any atom is -0.507 e. The van der Waals surface area contributed by atoms with Gasteiger partial charge < -0.3 is 10.0 Å². The van der Waals surface area contributed by atoms with Crippen molar-refractivity contribution in [3.05, 3.63) is 146 Å². The second kappa shape index (κ2) is 10.4. The number of anilines is 3. The van der Waals surface area contributed by atoms with E-state index < -0.39 is 0 Å². The van der Waals surface area contributed by atoms with Crippen LogP contribution < -0.4 is 4.90 Å². The molecule has 0 spiro atoms. The van der Waals surface area contributed by atoms with Crippen LogP contribution in [0.4, 0.5) is 17.1 Å². The highest BCUT2D eigenvalue weighted by Crippen LogP contribution is 2.39. The summed E-state index contributed by atoms with van der Waals surface area (Å²) < 4.78 is 0. The summed E-state index contributed by atoms with van der Waals surface area (Å²) in [5.41, 5.74) is 8.05. The summed E-state index contributed by atoms with van der Waals surface area (Å²) in [6.07, 6.45) is 1.80. The van der Waals surface area contributed by atoms with Crippen molar-refractivity contribution in [1.29, 1.82) is 0 Å². The maximum Gasteiger partial charge on any atom is 0.124 e. The normalized spacial score (nSPS) is 10.7. The molecule has 0 fully saturated rings. The summed E-state index contributed by atoms with van der Waals surface area (Å²) in [5.74, 6) is 0.191. The number of para-hydroxylation sites is 3. The van der Waals surface area contributed by atoms with Crippen LogP contribution in [-0.2, 0) is 0 Å². The van der Waals surface area contributed by atoms with Crippen LogP contribution in [0.5, 0.6) is 5.75 Å². The van der Waals surface area contributed by atoms with Gasteiger partial charge in [-0.15, -0.1) is 0 Å². The molecule has 4 heteroatoms. The number of hydrogen-bond acceptors (Lipinski definition) is 4. The molecule has 0 unspecified atom stereocenters. The Hall–Kier alpha value is -5.22. The van der Waals surface area contributed by atoms with Crippen LogP contribution in [0, 0.1) is 0 Å². The Morgan fingerprint density at radius 1 is 0.474 bits per heavy atom. The number of aromatic hydroxyl groups is 1. The van der Waals surface area contributed by atoms with Gasteiger partial charge in [0.25, 0.3) is 0 Å². The Kier molecular flexibility index (Phi) is 6.35. The smallest absolute Gasteiger partial charge is 0.124 e. The zero-order chi connectivity index (χ0) is 25.7. The van der Waals surface area contributed by atoms with Crippen molar-refractivity contribution in [2.24, 2.45) is 0 Å². The molecule has 0 saturated heterocycles. The van der Waals surface area contributed by atoms with E-state index in [9.17, 15) is 5.11 Å². The molecule has 4 aromatic carbocycles. The minimum absolute atomic E-state index is 0.191. The van der Waals surface area contributed by atoms with Gasteiger partial charge in [-0.3, -0.25) is 4.98 Å². The Balaban J connectivity index is 1.57. The van der Waals surface area contributed by atoms with Crippen molar-refractivity contribution in [3.63, 3.8) is 0 Å². The standard InChI is InChI=1S/C34H25N3O/c38-34-20-8-7-18-30(34)33-24-29(37(27-14-3-1-4-15-27)28-16-5-2-6-17-28)23-32(36-33)26-13-11-12-25(22-26)31-19-9-10-21-35-31/h1-24,38H. The van der Waals surface area contributed by atoms with Crippen LogP contribution in [0.25, 0.3) is 33.8 Å². The van der Waals surface area contributed by atoms with Gasteiger partial charge in [-0.2, -0.15) is 0 Å². The van der Waals surface area contributed by atoms with E-state index in [1.807, 2.05) is 84.9 Å². The molecule has 2 aromatic heterocycles. The van der Waals surface area contributed by atoms with E-state index in [2.05, 4.69) is 58.4 Å². The van der Waals surface area contributed by atoms with Crippen LogP contribution in [0.15, 0.2) is 146 Å². The number of pyridine rings is 2. The van der Waals surface area contributed by atoms with Gasteiger partial charge in [0.1, 0.15) is 5.75 Å². The highest BCUT2D eigenvalue weighted by molar-refractivity contribution is 5.83. The molecule has 6 rings (SSSR count). The van der Waals surface area contributed by atoms with E-state index in [1.54, 1.807) is 12.3 Å². The number of aromatic nitrogens is 2. The highest BCUT2D eigenvalue weighted by atomic mass is 16.3. The van der Waals surface area contributed by atoms with E-state index in [0.29, 0.717) is 11.3 Å². The van der Waals surface area contributed by atoms with Crippen LogP contribution in [0.2, 0.25) is 0 Å². The molecule has 0 atom stereocenters. The average Bonchev–Trinajstić information content (AvgIpc) is 2.99. The van der Waals surface area contributed by atoms with Gasteiger partial charge in [0, 0.05) is 34.3 Å². The topological polar surface area (TPSA) is 49.2 Å². The van der Waals surface area contributed by atoms with Gasteiger partial charge in [-0.05, 0) is 66.7 Å². The fourth-order valence-electron chi connectivity index (χ4n) is 4.59. The second-order valence-electron chi connectivity index (χ2n) is 8.92. The second-order valence-corrected chi connectivity index (χ2v) is 8.92. The third-order valence-electron chi connectivity index (χ3n) is 6.40. The molecular weight excluding hydrogens is 466 g/mol. The third kappa shape index (κ3) is 4.75. The molecule has 0 amide bonds. The fraction of sp³-hybridized carbons (Fsp3) is 0. The van der Waals surface area contributed by atoms with Crippen LogP contribution in [-0.4, -0.2) is 15.1 Å². The molecule has 1 N–H and O–H groups in total. The molecule has 0 saturated carbocycles. The lowest BCUT2D eigenvalue weighted by Crippen LogP contribution is -2.10. The van der Waals surface area contributed by atoms with E-state index in [-0.39, 0.29) is 5.75 Å². The molecule has 0 radical (unpaired) electrons. The maximum atomic E-state index is 10.7. The summed E-state index contributed by atoms with van der Waals surface area (Å²) in [4.78, 5) is 11.8. The average molecular weight is 492 g/mol. The van der Waals surface area contributed by atoms with Gasteiger partial charge in [0.2, 0.25) is 0 Å². The molecule has 38 heavy (non-hydrogen) atoms. The first-order chi connectivity index (χ1) is 18.8. The lowest BCUT2D eigenvalue weighted by molar-refractivity contribution is 0.477. The first-order valence-corrected chi connectivity index (χ1v) is 12.5. The summed E-state index contributed by atoms with van der Waals surface area (Å²) in [6, 6.07) is 46.1. The molecule has 4 nitrogen and oxygen atoms in total. The van der Waals surface area contributed by atoms with E-state index in [0.717, 1.165) is 39.6 Å². The molecule has 0 aliphatic rings. The SMILES string of the molecule is Oc1ccccc1-c1cc(N(c2ccccc2)c2ccccc2)cc(-c2cccc(-c3ccccn3)c2)n1. The molecule has 2 heterocycles. The first kappa shape index (κ1) is 23.2. The predicted molar refractivity (Wildman–Crippen MR) is 155 cm³/mol. The zero-order valence-electron chi connectivity index (χ0n) is 20.6. The van der Waals surface area contributed by atoms with Crippen molar-refractivity contribution in [2.45, 2.75) is 0 Å². The van der Waals surface area contributed by atoms with Crippen LogP contribution in [0.3, 0.4) is 0 Å². The van der Waals surface area contributed by atoms with Crippen LogP contribution >= 0.6 is 0 Å². The summed E-state index contributed by atoms with van der Waals surface area (Å²) in [5, 5.41) is 10.7. The fourth-order valence-corrected chi connectivity index (χ4v) is 4.59. The largest absolute Gasteiger partial charge is 0.507 e. The number of phenols is 1. The number of benzene rings is 4. The van der Waals surface area contributed by atoms with E-state index in [1.165, 1.54) is 0 Å². The number of nitrogens with zero attached hydrogens (tertiary/aromatic N) is 3. The number of phenolic OH excluding ortho intramolecular Hbond substituents is 1. The quantitative estimate of drug-likeness (QED) is 0.253. The lowest BCUT2D eigenvalue weighted by Gasteiger charge is -2.26. The number of rotatable bonds is 6. The molecular formula is C34H25N3O. The molecule has 0 aliphatic heterocycles. The van der Waals surface area contributed by atoms with Crippen molar-refractivity contribution < 1.29 is 5.11 Å². The monoisotopic (exact) mass is 491 g/mol. The van der Waals surface area contributed by atoms with E-state index in [4.69, 9.17) is 4.98 Å². The van der Waals surface area contributed by atoms with Crippen molar-refractivity contribution in [1.82, 2.24) is 9.97 Å². The van der Waals surface area contributed by atoms with Crippen molar-refractivity contribution in [3.8, 4) is 39.5 Å². The lowest BCUT2D eigenvalue weighted by atomic mass is 10.0. The molecule has 182 valence electrons. The number of hydrogen-bond donors (Lipinski definition) is 1. The van der Waals surface area contributed by atoms with Crippen molar-refractivity contribution in [2.75, 3.05) is 4.90 Å². The zero-order valence-corrected chi connectivity index (χ0v) is 20.6.